The minimum Gasteiger partial charge on any atom is -0.368 e. The van der Waals surface area contributed by atoms with E-state index < -0.39 is 0 Å². The Bertz CT molecular complexity index is 934. The summed E-state index contributed by atoms with van der Waals surface area (Å²) in [6.07, 6.45) is 4.57. The molecule has 3 N–H and O–H groups in total. The summed E-state index contributed by atoms with van der Waals surface area (Å²) < 4.78 is 1.90. The zero-order valence-electron chi connectivity index (χ0n) is 16.4. The van der Waals surface area contributed by atoms with Crippen molar-refractivity contribution in [2.75, 3.05) is 23.7 Å². The Kier molecular flexibility index (Phi) is 6.21. The molecule has 0 fully saturated rings. The fourth-order valence-corrected chi connectivity index (χ4v) is 2.75. The first-order valence-corrected chi connectivity index (χ1v) is 9.29. The summed E-state index contributed by atoms with van der Waals surface area (Å²) in [7, 11) is 0. The molecule has 0 aliphatic rings. The highest BCUT2D eigenvalue weighted by Gasteiger charge is 2.06. The molecule has 8 nitrogen and oxygen atoms in total. The van der Waals surface area contributed by atoms with Gasteiger partial charge in [-0.3, -0.25) is 4.57 Å². The highest BCUT2D eigenvalue weighted by atomic mass is 16.2. The molecular weight excluding hydrogens is 354 g/mol. The smallest absolute Gasteiger partial charge is 0.319 e. The number of nitrogens with one attached hydrogen (secondary N) is 3. The largest absolute Gasteiger partial charge is 0.368 e. The Hall–Kier alpha value is -3.42. The Morgan fingerprint density at radius 3 is 2.57 bits per heavy atom. The van der Waals surface area contributed by atoms with Crippen molar-refractivity contribution in [1.82, 2.24) is 24.8 Å². The average Bonchev–Trinajstić information content (AvgIpc) is 3.11. The highest BCUT2D eigenvalue weighted by Crippen LogP contribution is 2.12. The third-order valence-corrected chi connectivity index (χ3v) is 4.23. The number of rotatable bonds is 7. The van der Waals surface area contributed by atoms with Crippen LogP contribution >= 0.6 is 0 Å². The second kappa shape index (κ2) is 8.98. The summed E-state index contributed by atoms with van der Waals surface area (Å²) in [6, 6.07) is 9.44. The zero-order valence-corrected chi connectivity index (χ0v) is 16.4. The minimum atomic E-state index is -0.236. The first-order chi connectivity index (χ1) is 13.5. The number of urea groups is 1. The van der Waals surface area contributed by atoms with E-state index in [2.05, 4.69) is 37.8 Å². The lowest BCUT2D eigenvalue weighted by Gasteiger charge is -2.11. The summed E-state index contributed by atoms with van der Waals surface area (Å²) in [6.45, 7) is 6.86. The van der Waals surface area contributed by atoms with Gasteiger partial charge in [0.15, 0.2) is 0 Å². The van der Waals surface area contributed by atoms with Crippen LogP contribution in [0.4, 0.5) is 16.3 Å². The van der Waals surface area contributed by atoms with E-state index in [0.717, 1.165) is 23.8 Å². The second-order valence-electron chi connectivity index (χ2n) is 6.36. The topological polar surface area (TPSA) is 96.8 Å². The van der Waals surface area contributed by atoms with Gasteiger partial charge in [0, 0.05) is 37.2 Å². The van der Waals surface area contributed by atoms with Crippen LogP contribution in [0.2, 0.25) is 0 Å². The van der Waals surface area contributed by atoms with E-state index in [1.54, 1.807) is 6.20 Å². The van der Waals surface area contributed by atoms with Crippen molar-refractivity contribution in [2.45, 2.75) is 27.2 Å². The summed E-state index contributed by atoms with van der Waals surface area (Å²) in [5, 5.41) is 8.86. The Labute approximate surface area is 164 Å². The van der Waals surface area contributed by atoms with Gasteiger partial charge in [-0.2, -0.15) is 0 Å². The van der Waals surface area contributed by atoms with Gasteiger partial charge in [0.2, 0.25) is 0 Å². The number of carbonyl (C=O) groups excluding carboxylic acids is 1. The molecule has 0 saturated heterocycles. The Balaban J connectivity index is 1.49. The number of carbonyl (C=O) groups is 1. The number of aryl methyl sites for hydroxylation is 3. The van der Waals surface area contributed by atoms with Gasteiger partial charge in [-0.05, 0) is 38.0 Å². The maximum atomic E-state index is 12.0. The molecule has 3 rings (SSSR count). The number of amides is 2. The normalized spacial score (nSPS) is 10.5. The van der Waals surface area contributed by atoms with Gasteiger partial charge in [0.05, 0.1) is 0 Å². The van der Waals surface area contributed by atoms with Crippen LogP contribution in [0.1, 0.15) is 24.1 Å². The number of hydrogen-bond acceptors (Lipinski definition) is 5. The van der Waals surface area contributed by atoms with E-state index in [1.165, 1.54) is 5.56 Å². The molecule has 8 heteroatoms. The van der Waals surface area contributed by atoms with E-state index >= 15 is 0 Å². The van der Waals surface area contributed by atoms with Crippen molar-refractivity contribution >= 4 is 17.5 Å². The van der Waals surface area contributed by atoms with Crippen LogP contribution in [0.25, 0.3) is 5.82 Å². The number of imidazole rings is 1. The van der Waals surface area contributed by atoms with Gasteiger partial charge < -0.3 is 16.0 Å². The molecule has 0 atom stereocenters. The molecule has 0 spiro atoms. The van der Waals surface area contributed by atoms with Crippen molar-refractivity contribution in [1.29, 1.82) is 0 Å². The molecule has 0 bridgehead atoms. The molecule has 0 aliphatic carbocycles. The molecule has 3 aromatic rings. The lowest BCUT2D eigenvalue weighted by Crippen LogP contribution is -2.32. The van der Waals surface area contributed by atoms with Crippen molar-refractivity contribution in [3.63, 3.8) is 0 Å². The van der Waals surface area contributed by atoms with Crippen LogP contribution < -0.4 is 16.0 Å². The van der Waals surface area contributed by atoms with Crippen molar-refractivity contribution < 1.29 is 4.79 Å². The fraction of sp³-hybridized carbons (Fsp3) is 0.300. The molecule has 0 radical (unpaired) electrons. The lowest BCUT2D eigenvalue weighted by atomic mass is 10.1. The molecule has 0 aliphatic heterocycles. The van der Waals surface area contributed by atoms with Gasteiger partial charge in [-0.25, -0.2) is 19.7 Å². The van der Waals surface area contributed by atoms with Crippen LogP contribution in [-0.2, 0) is 6.42 Å². The number of nitrogens with zero attached hydrogens (tertiary/aromatic N) is 4. The molecule has 2 aromatic heterocycles. The fourth-order valence-electron chi connectivity index (χ4n) is 2.75. The van der Waals surface area contributed by atoms with E-state index in [9.17, 15) is 4.79 Å². The molecule has 0 saturated carbocycles. The van der Waals surface area contributed by atoms with E-state index in [-0.39, 0.29) is 6.03 Å². The van der Waals surface area contributed by atoms with E-state index in [0.29, 0.717) is 24.7 Å². The van der Waals surface area contributed by atoms with Gasteiger partial charge in [0.1, 0.15) is 23.3 Å². The molecule has 1 aromatic carbocycles. The third-order valence-electron chi connectivity index (χ3n) is 4.23. The number of benzene rings is 1. The molecule has 2 amide bonds. The monoisotopic (exact) mass is 379 g/mol. The second-order valence-corrected chi connectivity index (χ2v) is 6.36. The van der Waals surface area contributed by atoms with Crippen LogP contribution in [0.3, 0.4) is 0 Å². The molecule has 0 unspecified atom stereocenters. The van der Waals surface area contributed by atoms with Crippen molar-refractivity contribution in [3.05, 3.63) is 59.9 Å². The Morgan fingerprint density at radius 2 is 1.89 bits per heavy atom. The number of hydrogen-bond donors (Lipinski definition) is 3. The maximum absolute atomic E-state index is 12.0. The predicted molar refractivity (Wildman–Crippen MR) is 110 cm³/mol. The van der Waals surface area contributed by atoms with Crippen molar-refractivity contribution in [2.24, 2.45) is 0 Å². The molecule has 2 heterocycles. The standard InChI is InChI=1S/C20H25N7O/c1-4-16-5-7-17(8-6-16)26-20(28)23-10-9-22-18-13-19(25-14(2)24-18)27-12-11-21-15(27)3/h5-8,11-13H,4,9-10H2,1-3H3,(H,22,24,25)(H2,23,26,28). The Morgan fingerprint density at radius 1 is 1.11 bits per heavy atom. The van der Waals surface area contributed by atoms with Crippen LogP contribution in [-0.4, -0.2) is 38.6 Å². The van der Waals surface area contributed by atoms with E-state index in [1.807, 2.05) is 54.9 Å². The summed E-state index contributed by atoms with van der Waals surface area (Å²) in [5.41, 5.74) is 2.01. The maximum Gasteiger partial charge on any atom is 0.319 e. The summed E-state index contributed by atoms with van der Waals surface area (Å²) in [4.78, 5) is 25.0. The average molecular weight is 379 g/mol. The number of anilines is 2. The summed E-state index contributed by atoms with van der Waals surface area (Å²) >= 11 is 0. The molecule has 146 valence electrons. The van der Waals surface area contributed by atoms with Crippen LogP contribution in [0, 0.1) is 13.8 Å². The quantitative estimate of drug-likeness (QED) is 0.548. The lowest BCUT2D eigenvalue weighted by molar-refractivity contribution is 0.252. The molecular formula is C20H25N7O. The minimum absolute atomic E-state index is 0.236. The third kappa shape index (κ3) is 5.06. The van der Waals surface area contributed by atoms with E-state index in [4.69, 9.17) is 0 Å². The SMILES string of the molecule is CCc1ccc(NC(=O)NCCNc2cc(-n3ccnc3C)nc(C)n2)cc1. The summed E-state index contributed by atoms with van der Waals surface area (Å²) in [5.74, 6) is 2.97. The highest BCUT2D eigenvalue weighted by molar-refractivity contribution is 5.89. The van der Waals surface area contributed by atoms with Crippen LogP contribution in [0.15, 0.2) is 42.7 Å². The zero-order chi connectivity index (χ0) is 19.9. The van der Waals surface area contributed by atoms with Crippen LogP contribution in [0.5, 0.6) is 0 Å². The van der Waals surface area contributed by atoms with Gasteiger partial charge in [-0.15, -0.1) is 0 Å². The van der Waals surface area contributed by atoms with Gasteiger partial charge >= 0.3 is 6.03 Å². The van der Waals surface area contributed by atoms with Crippen molar-refractivity contribution in [3.8, 4) is 5.82 Å². The molecule has 28 heavy (non-hydrogen) atoms. The van der Waals surface area contributed by atoms with Gasteiger partial charge in [0.25, 0.3) is 0 Å². The first kappa shape index (κ1) is 19.3. The van der Waals surface area contributed by atoms with Gasteiger partial charge in [-0.1, -0.05) is 19.1 Å². The first-order valence-electron chi connectivity index (χ1n) is 9.29. The number of aromatic nitrogens is 4. The predicted octanol–water partition coefficient (Wildman–Crippen LogP) is 3.08.